The fourth-order valence-electron chi connectivity index (χ4n) is 3.34. The summed E-state index contributed by atoms with van der Waals surface area (Å²) in [6, 6.07) is 9.05. The van der Waals surface area contributed by atoms with Crippen molar-refractivity contribution in [1.82, 2.24) is 10.6 Å². The number of rotatable bonds is 7. The first kappa shape index (κ1) is 24.2. The summed E-state index contributed by atoms with van der Waals surface area (Å²) >= 11 is 0. The van der Waals surface area contributed by atoms with Crippen LogP contribution in [0.15, 0.2) is 29.3 Å². The van der Waals surface area contributed by atoms with Gasteiger partial charge in [-0.3, -0.25) is 4.99 Å². The van der Waals surface area contributed by atoms with Crippen molar-refractivity contribution in [2.45, 2.75) is 51.7 Å². The highest BCUT2D eigenvalue weighted by molar-refractivity contribution is 14.0. The summed E-state index contributed by atoms with van der Waals surface area (Å²) < 4.78 is 11.2. The zero-order valence-electron chi connectivity index (χ0n) is 17.4. The van der Waals surface area contributed by atoms with E-state index in [-0.39, 0.29) is 35.6 Å². The lowest BCUT2D eigenvalue weighted by atomic mass is 9.94. The Kier molecular flexibility index (Phi) is 10.6. The number of guanidine groups is 1. The number of nitrogens with one attached hydrogen (secondary N) is 2. The van der Waals surface area contributed by atoms with Crippen LogP contribution in [0.5, 0.6) is 0 Å². The molecule has 2 rings (SSSR count). The fourth-order valence-corrected chi connectivity index (χ4v) is 3.34. The van der Waals surface area contributed by atoms with Gasteiger partial charge in [0.2, 0.25) is 0 Å². The highest BCUT2D eigenvalue weighted by Gasteiger charge is 2.32. The highest BCUT2D eigenvalue weighted by Crippen LogP contribution is 2.23. The Morgan fingerprint density at radius 2 is 1.81 bits per heavy atom. The average molecular weight is 489 g/mol. The summed E-state index contributed by atoms with van der Waals surface area (Å²) in [5.41, 5.74) is 2.48. The summed E-state index contributed by atoms with van der Waals surface area (Å²) in [5.74, 6) is 1.48. The third-order valence-corrected chi connectivity index (χ3v) is 5.12. The molecule has 154 valence electrons. The second-order valence-corrected chi connectivity index (χ2v) is 7.63. The molecule has 1 heterocycles. The topological polar surface area (TPSA) is 54.9 Å². The summed E-state index contributed by atoms with van der Waals surface area (Å²) in [4.78, 5) is 4.37. The van der Waals surface area contributed by atoms with E-state index in [0.717, 1.165) is 45.0 Å². The molecule has 6 heteroatoms. The molecule has 1 aliphatic heterocycles. The van der Waals surface area contributed by atoms with Gasteiger partial charge < -0.3 is 20.1 Å². The van der Waals surface area contributed by atoms with Crippen molar-refractivity contribution in [2.75, 3.05) is 33.9 Å². The number of benzene rings is 1. The van der Waals surface area contributed by atoms with Gasteiger partial charge in [0.15, 0.2) is 5.96 Å². The standard InChI is InChI=1S/C21H35N3O2.HI/c1-16(2)14-18-6-8-19(9-7-18)17(3)24-20(22-4)23-15-21(25-5)10-12-26-13-11-21;/h6-9,16-17H,10-15H2,1-5H3,(H2,22,23,24);1H. The summed E-state index contributed by atoms with van der Waals surface area (Å²) in [7, 11) is 3.59. The Hall–Kier alpha value is -0.860. The first-order valence-corrected chi connectivity index (χ1v) is 9.67. The molecule has 5 nitrogen and oxygen atoms in total. The highest BCUT2D eigenvalue weighted by atomic mass is 127. The van der Waals surface area contributed by atoms with Crippen LogP contribution in [0.4, 0.5) is 0 Å². The lowest BCUT2D eigenvalue weighted by Crippen LogP contribution is -2.51. The third-order valence-electron chi connectivity index (χ3n) is 5.12. The predicted molar refractivity (Wildman–Crippen MR) is 123 cm³/mol. The van der Waals surface area contributed by atoms with E-state index in [4.69, 9.17) is 9.47 Å². The van der Waals surface area contributed by atoms with E-state index in [1.54, 1.807) is 14.2 Å². The number of halogens is 1. The van der Waals surface area contributed by atoms with E-state index in [9.17, 15) is 0 Å². The van der Waals surface area contributed by atoms with Crippen LogP contribution in [0.2, 0.25) is 0 Å². The van der Waals surface area contributed by atoms with E-state index < -0.39 is 0 Å². The lowest BCUT2D eigenvalue weighted by molar-refractivity contribution is -0.0855. The van der Waals surface area contributed by atoms with Crippen molar-refractivity contribution in [1.29, 1.82) is 0 Å². The van der Waals surface area contributed by atoms with E-state index in [1.165, 1.54) is 11.1 Å². The number of ether oxygens (including phenoxy) is 2. The molecule has 1 fully saturated rings. The number of nitrogens with zero attached hydrogens (tertiary/aromatic N) is 1. The third kappa shape index (κ3) is 7.58. The minimum atomic E-state index is -0.169. The molecular formula is C21H36IN3O2. The van der Waals surface area contributed by atoms with Crippen LogP contribution in [-0.2, 0) is 15.9 Å². The van der Waals surface area contributed by atoms with Crippen molar-refractivity contribution in [3.05, 3.63) is 35.4 Å². The average Bonchev–Trinajstić information content (AvgIpc) is 2.65. The molecule has 0 spiro atoms. The molecule has 0 amide bonds. The molecular weight excluding hydrogens is 453 g/mol. The van der Waals surface area contributed by atoms with Gasteiger partial charge in [-0.2, -0.15) is 0 Å². The van der Waals surface area contributed by atoms with E-state index in [1.807, 2.05) is 0 Å². The molecule has 1 aliphatic rings. The van der Waals surface area contributed by atoms with Crippen LogP contribution in [-0.4, -0.2) is 45.5 Å². The fraction of sp³-hybridized carbons (Fsp3) is 0.667. The molecule has 1 atom stereocenters. The van der Waals surface area contributed by atoms with Crippen LogP contribution in [0.1, 0.15) is 50.8 Å². The maximum Gasteiger partial charge on any atom is 0.191 e. The second kappa shape index (κ2) is 11.9. The molecule has 0 radical (unpaired) electrons. The molecule has 0 saturated carbocycles. The Bertz CT molecular complexity index is 569. The number of hydrogen-bond donors (Lipinski definition) is 2. The molecule has 2 N–H and O–H groups in total. The molecule has 1 aromatic rings. The Balaban J connectivity index is 0.00000364. The molecule has 0 aliphatic carbocycles. The quantitative estimate of drug-likeness (QED) is 0.346. The minimum Gasteiger partial charge on any atom is -0.381 e. The zero-order valence-corrected chi connectivity index (χ0v) is 19.7. The van der Waals surface area contributed by atoms with Gasteiger partial charge in [-0.25, -0.2) is 0 Å². The maximum absolute atomic E-state index is 5.78. The zero-order chi connectivity index (χ0) is 19.0. The Labute approximate surface area is 181 Å². The van der Waals surface area contributed by atoms with Gasteiger partial charge in [0.1, 0.15) is 0 Å². The van der Waals surface area contributed by atoms with Crippen molar-refractivity contribution < 1.29 is 9.47 Å². The lowest BCUT2D eigenvalue weighted by Gasteiger charge is -2.36. The van der Waals surface area contributed by atoms with Crippen molar-refractivity contribution in [2.24, 2.45) is 10.9 Å². The SMILES string of the molecule is CN=C(NCC1(OC)CCOCC1)NC(C)c1ccc(CC(C)C)cc1.I. The van der Waals surface area contributed by atoms with E-state index in [0.29, 0.717) is 5.92 Å². The number of methoxy groups -OCH3 is 1. The van der Waals surface area contributed by atoms with E-state index in [2.05, 4.69) is 60.7 Å². The monoisotopic (exact) mass is 489 g/mol. The largest absolute Gasteiger partial charge is 0.381 e. The Morgan fingerprint density at radius 3 is 2.33 bits per heavy atom. The molecule has 1 aromatic carbocycles. The van der Waals surface area contributed by atoms with Crippen LogP contribution in [0.25, 0.3) is 0 Å². The van der Waals surface area contributed by atoms with Crippen LogP contribution < -0.4 is 10.6 Å². The van der Waals surface area contributed by atoms with Gasteiger partial charge in [-0.15, -0.1) is 24.0 Å². The number of aliphatic imine (C=N–C) groups is 1. The van der Waals surface area contributed by atoms with Gasteiger partial charge in [0, 0.05) is 46.8 Å². The van der Waals surface area contributed by atoms with Crippen LogP contribution >= 0.6 is 24.0 Å². The first-order chi connectivity index (χ1) is 12.5. The maximum atomic E-state index is 5.78. The first-order valence-electron chi connectivity index (χ1n) is 9.67. The molecule has 1 saturated heterocycles. The van der Waals surface area contributed by atoms with Crippen molar-refractivity contribution in [3.63, 3.8) is 0 Å². The van der Waals surface area contributed by atoms with Crippen molar-refractivity contribution in [3.8, 4) is 0 Å². The predicted octanol–water partition coefficient (Wildman–Crippen LogP) is 3.92. The van der Waals surface area contributed by atoms with Gasteiger partial charge >= 0.3 is 0 Å². The minimum absolute atomic E-state index is 0. The van der Waals surface area contributed by atoms with Crippen molar-refractivity contribution >= 4 is 29.9 Å². The smallest absolute Gasteiger partial charge is 0.191 e. The van der Waals surface area contributed by atoms with Crippen LogP contribution in [0, 0.1) is 5.92 Å². The number of hydrogen-bond acceptors (Lipinski definition) is 3. The summed E-state index contributed by atoms with van der Waals surface area (Å²) in [5, 5.41) is 6.90. The Morgan fingerprint density at radius 1 is 1.19 bits per heavy atom. The molecule has 27 heavy (non-hydrogen) atoms. The normalized spacial score (nSPS) is 17.9. The van der Waals surface area contributed by atoms with Gasteiger partial charge in [0.25, 0.3) is 0 Å². The molecule has 0 aromatic heterocycles. The van der Waals surface area contributed by atoms with Gasteiger partial charge in [-0.05, 0) is 30.4 Å². The van der Waals surface area contributed by atoms with Gasteiger partial charge in [-0.1, -0.05) is 38.1 Å². The molecule has 0 bridgehead atoms. The molecule has 1 unspecified atom stereocenters. The van der Waals surface area contributed by atoms with Crippen LogP contribution in [0.3, 0.4) is 0 Å². The summed E-state index contributed by atoms with van der Waals surface area (Å²) in [6.07, 6.45) is 2.93. The van der Waals surface area contributed by atoms with E-state index >= 15 is 0 Å². The second-order valence-electron chi connectivity index (χ2n) is 7.63. The summed E-state index contributed by atoms with van der Waals surface area (Å²) in [6.45, 7) is 8.89. The van der Waals surface area contributed by atoms with Gasteiger partial charge in [0.05, 0.1) is 11.6 Å².